The molecule has 0 saturated carbocycles. The number of nitrogen functional groups attached to an aromatic ring is 1. The Hall–Kier alpha value is -1.69. The van der Waals surface area contributed by atoms with Gasteiger partial charge in [0.25, 0.3) is 0 Å². The second-order valence-electron chi connectivity index (χ2n) is 4.32. The first-order valence-corrected chi connectivity index (χ1v) is 6.47. The summed E-state index contributed by atoms with van der Waals surface area (Å²) in [6.07, 6.45) is 0. The minimum Gasteiger partial charge on any atom is -0.396 e. The standard InChI is InChI=1S/C13H13BrFN3O/c1-7-12(14)8(2)18(13(19)17-7)6-9-3-4-11(16)10(15)5-9/h3-5H,6,16H2,1-2H3. The van der Waals surface area contributed by atoms with Gasteiger partial charge in [0.15, 0.2) is 0 Å². The van der Waals surface area contributed by atoms with Crippen LogP contribution in [0.2, 0.25) is 0 Å². The lowest BCUT2D eigenvalue weighted by Crippen LogP contribution is -2.27. The van der Waals surface area contributed by atoms with E-state index in [9.17, 15) is 9.18 Å². The van der Waals surface area contributed by atoms with E-state index in [0.29, 0.717) is 11.3 Å². The number of nitrogens with zero attached hydrogens (tertiary/aromatic N) is 2. The van der Waals surface area contributed by atoms with Crippen LogP contribution in [0.4, 0.5) is 10.1 Å². The largest absolute Gasteiger partial charge is 0.396 e. The number of aromatic nitrogens is 2. The van der Waals surface area contributed by atoms with Crippen molar-refractivity contribution in [3.63, 3.8) is 0 Å². The molecule has 0 aliphatic carbocycles. The molecular formula is C13H13BrFN3O. The summed E-state index contributed by atoms with van der Waals surface area (Å²) in [5.41, 5.74) is 7.23. The van der Waals surface area contributed by atoms with E-state index in [4.69, 9.17) is 5.73 Å². The fourth-order valence-electron chi connectivity index (χ4n) is 1.81. The van der Waals surface area contributed by atoms with E-state index in [1.807, 2.05) is 6.92 Å². The minimum atomic E-state index is -0.484. The number of anilines is 1. The molecule has 0 atom stereocenters. The van der Waals surface area contributed by atoms with Crippen LogP contribution in [0, 0.1) is 19.7 Å². The van der Waals surface area contributed by atoms with Gasteiger partial charge in [-0.15, -0.1) is 0 Å². The van der Waals surface area contributed by atoms with E-state index in [0.717, 1.165) is 10.2 Å². The van der Waals surface area contributed by atoms with Gasteiger partial charge >= 0.3 is 5.69 Å². The Morgan fingerprint density at radius 2 is 2.11 bits per heavy atom. The minimum absolute atomic E-state index is 0.0935. The molecule has 0 amide bonds. The quantitative estimate of drug-likeness (QED) is 0.862. The van der Waals surface area contributed by atoms with Crippen molar-refractivity contribution in [2.45, 2.75) is 20.4 Å². The van der Waals surface area contributed by atoms with Crippen LogP contribution >= 0.6 is 15.9 Å². The normalized spacial score (nSPS) is 10.7. The summed E-state index contributed by atoms with van der Waals surface area (Å²) in [6, 6.07) is 4.51. The molecule has 2 rings (SSSR count). The number of nitrogens with two attached hydrogens (primary N) is 1. The van der Waals surface area contributed by atoms with Crippen LogP contribution in [0.25, 0.3) is 0 Å². The van der Waals surface area contributed by atoms with Gasteiger partial charge in [-0.3, -0.25) is 4.57 Å². The zero-order valence-electron chi connectivity index (χ0n) is 10.6. The highest BCUT2D eigenvalue weighted by Crippen LogP contribution is 2.18. The van der Waals surface area contributed by atoms with Gasteiger partial charge in [-0.05, 0) is 47.5 Å². The molecule has 1 heterocycles. The molecule has 1 aromatic heterocycles. The molecule has 19 heavy (non-hydrogen) atoms. The first-order chi connectivity index (χ1) is 8.90. The maximum Gasteiger partial charge on any atom is 0.348 e. The molecule has 6 heteroatoms. The summed E-state index contributed by atoms with van der Waals surface area (Å²) < 4.78 is 15.7. The molecule has 0 spiro atoms. The number of rotatable bonds is 2. The summed E-state index contributed by atoms with van der Waals surface area (Å²) in [5.74, 6) is -0.484. The third kappa shape index (κ3) is 2.68. The van der Waals surface area contributed by atoms with Gasteiger partial charge in [0.1, 0.15) is 5.82 Å². The fraction of sp³-hybridized carbons (Fsp3) is 0.231. The average Bonchev–Trinajstić information content (AvgIpc) is 2.36. The van der Waals surface area contributed by atoms with Crippen LogP contribution in [0.5, 0.6) is 0 Å². The molecule has 0 fully saturated rings. The number of halogens is 2. The molecule has 0 saturated heterocycles. The molecule has 0 radical (unpaired) electrons. The van der Waals surface area contributed by atoms with Crippen molar-refractivity contribution in [2.24, 2.45) is 0 Å². The first-order valence-electron chi connectivity index (χ1n) is 5.67. The van der Waals surface area contributed by atoms with E-state index >= 15 is 0 Å². The van der Waals surface area contributed by atoms with Gasteiger partial charge < -0.3 is 5.73 Å². The molecule has 1 aromatic carbocycles. The van der Waals surface area contributed by atoms with Gasteiger partial charge in [0.05, 0.1) is 22.4 Å². The SMILES string of the molecule is Cc1nc(=O)n(Cc2ccc(N)c(F)c2)c(C)c1Br. The van der Waals surface area contributed by atoms with Gasteiger partial charge in [-0.25, -0.2) is 9.18 Å². The van der Waals surface area contributed by atoms with E-state index in [-0.39, 0.29) is 17.9 Å². The Labute approximate surface area is 118 Å². The smallest absolute Gasteiger partial charge is 0.348 e. The second kappa shape index (κ2) is 5.13. The Balaban J connectivity index is 2.46. The summed E-state index contributed by atoms with van der Waals surface area (Å²) in [4.78, 5) is 15.8. The topological polar surface area (TPSA) is 60.9 Å². The van der Waals surface area contributed by atoms with Crippen LogP contribution in [0.3, 0.4) is 0 Å². The van der Waals surface area contributed by atoms with E-state index in [2.05, 4.69) is 20.9 Å². The summed E-state index contributed by atoms with van der Waals surface area (Å²) in [5, 5.41) is 0. The number of benzene rings is 1. The predicted octanol–water partition coefficient (Wildman–Crippen LogP) is 2.39. The Bertz CT molecular complexity index is 697. The van der Waals surface area contributed by atoms with Gasteiger partial charge in [0, 0.05) is 5.69 Å². The van der Waals surface area contributed by atoms with Crippen LogP contribution in [-0.4, -0.2) is 9.55 Å². The summed E-state index contributed by atoms with van der Waals surface area (Å²) in [6.45, 7) is 3.83. The van der Waals surface area contributed by atoms with Crippen molar-refractivity contribution in [3.05, 3.63) is 55.9 Å². The van der Waals surface area contributed by atoms with Gasteiger partial charge in [0.2, 0.25) is 0 Å². The second-order valence-corrected chi connectivity index (χ2v) is 5.11. The highest BCUT2D eigenvalue weighted by Gasteiger charge is 2.10. The van der Waals surface area contributed by atoms with E-state index in [1.165, 1.54) is 16.7 Å². The number of aryl methyl sites for hydroxylation is 1. The predicted molar refractivity (Wildman–Crippen MR) is 75.6 cm³/mol. The van der Waals surface area contributed by atoms with Crippen molar-refractivity contribution < 1.29 is 4.39 Å². The first kappa shape index (κ1) is 13.7. The van der Waals surface area contributed by atoms with Crippen molar-refractivity contribution in [1.29, 1.82) is 0 Å². The molecule has 0 aliphatic heterocycles. The molecule has 2 aromatic rings. The molecule has 0 unspecified atom stereocenters. The molecule has 4 nitrogen and oxygen atoms in total. The average molecular weight is 326 g/mol. The van der Waals surface area contributed by atoms with Crippen molar-refractivity contribution in [3.8, 4) is 0 Å². The van der Waals surface area contributed by atoms with Crippen molar-refractivity contribution in [2.75, 3.05) is 5.73 Å². The maximum absolute atomic E-state index is 13.4. The number of hydrogen-bond donors (Lipinski definition) is 1. The Kier molecular flexibility index (Phi) is 3.71. The van der Waals surface area contributed by atoms with Crippen LogP contribution in [-0.2, 0) is 6.54 Å². The van der Waals surface area contributed by atoms with Crippen molar-refractivity contribution in [1.82, 2.24) is 9.55 Å². The third-order valence-corrected chi connectivity index (χ3v) is 4.09. The lowest BCUT2D eigenvalue weighted by atomic mass is 10.2. The van der Waals surface area contributed by atoms with Crippen LogP contribution in [0.15, 0.2) is 27.5 Å². The Morgan fingerprint density at radius 3 is 2.74 bits per heavy atom. The Morgan fingerprint density at radius 1 is 1.42 bits per heavy atom. The monoisotopic (exact) mass is 325 g/mol. The third-order valence-electron chi connectivity index (χ3n) is 2.94. The zero-order chi connectivity index (χ0) is 14.2. The van der Waals surface area contributed by atoms with Crippen LogP contribution in [0.1, 0.15) is 17.0 Å². The fourth-order valence-corrected chi connectivity index (χ4v) is 2.12. The number of hydrogen-bond acceptors (Lipinski definition) is 3. The molecule has 2 N–H and O–H groups in total. The lowest BCUT2D eigenvalue weighted by molar-refractivity contribution is 0.624. The maximum atomic E-state index is 13.4. The summed E-state index contributed by atoms with van der Waals surface area (Å²) in [7, 11) is 0. The molecule has 100 valence electrons. The lowest BCUT2D eigenvalue weighted by Gasteiger charge is -2.12. The highest BCUT2D eigenvalue weighted by atomic mass is 79.9. The van der Waals surface area contributed by atoms with E-state index in [1.54, 1.807) is 13.0 Å². The molecule has 0 bridgehead atoms. The summed E-state index contributed by atoms with van der Waals surface area (Å²) >= 11 is 3.39. The molecule has 0 aliphatic rings. The van der Waals surface area contributed by atoms with Crippen LogP contribution < -0.4 is 11.4 Å². The highest BCUT2D eigenvalue weighted by molar-refractivity contribution is 9.10. The molecular weight excluding hydrogens is 313 g/mol. The van der Waals surface area contributed by atoms with Gasteiger partial charge in [-0.2, -0.15) is 4.98 Å². The van der Waals surface area contributed by atoms with Gasteiger partial charge in [-0.1, -0.05) is 6.07 Å². The van der Waals surface area contributed by atoms with Crippen molar-refractivity contribution >= 4 is 21.6 Å². The van der Waals surface area contributed by atoms with E-state index < -0.39 is 5.82 Å². The zero-order valence-corrected chi connectivity index (χ0v) is 12.2.